The number of hydrogen-bond donors (Lipinski definition) is 2. The molecule has 0 radical (unpaired) electrons. The van der Waals surface area contributed by atoms with Gasteiger partial charge in [-0.1, -0.05) is 32.1 Å². The summed E-state index contributed by atoms with van der Waals surface area (Å²) in [5.41, 5.74) is 0. The fourth-order valence-electron chi connectivity index (χ4n) is 2.76. The number of unbranched alkanes of at least 4 members (excludes halogenated alkanes) is 2. The number of carbonyl (C=O) groups is 1. The molecule has 1 aliphatic carbocycles. The van der Waals surface area contributed by atoms with Gasteiger partial charge >= 0.3 is 0 Å². The minimum atomic E-state index is 0.204. The Bertz CT molecular complexity index is 213. The summed E-state index contributed by atoms with van der Waals surface area (Å²) in [4.78, 5) is 11.6. The van der Waals surface area contributed by atoms with Crippen LogP contribution >= 0.6 is 0 Å². The van der Waals surface area contributed by atoms with Gasteiger partial charge in [0.2, 0.25) is 5.91 Å². The largest absolute Gasteiger partial charge is 0.396 e. The third-order valence-corrected chi connectivity index (χ3v) is 3.90. The molecule has 1 fully saturated rings. The zero-order valence-corrected chi connectivity index (χ0v) is 11.6. The third kappa shape index (κ3) is 7.70. The molecule has 0 aliphatic heterocycles. The van der Waals surface area contributed by atoms with Crippen LogP contribution in [0.25, 0.3) is 0 Å². The Labute approximate surface area is 111 Å². The molecule has 0 bridgehead atoms. The molecule has 0 aromatic carbocycles. The second-order valence-electron chi connectivity index (χ2n) is 5.53. The molecule has 1 rings (SSSR count). The van der Waals surface area contributed by atoms with E-state index in [-0.39, 0.29) is 12.5 Å². The van der Waals surface area contributed by atoms with E-state index in [9.17, 15) is 4.79 Å². The summed E-state index contributed by atoms with van der Waals surface area (Å²) < 4.78 is 0. The number of aliphatic hydroxyl groups excluding tert-OH is 1. The molecule has 0 aromatic heterocycles. The van der Waals surface area contributed by atoms with Crippen LogP contribution < -0.4 is 5.32 Å². The molecular weight excluding hydrogens is 226 g/mol. The molecule has 0 unspecified atom stereocenters. The van der Waals surface area contributed by atoms with Crippen LogP contribution in [-0.4, -0.2) is 24.2 Å². The minimum Gasteiger partial charge on any atom is -0.396 e. The average Bonchev–Trinajstić information content (AvgIpc) is 2.40. The highest BCUT2D eigenvalue weighted by atomic mass is 16.2. The first-order valence-electron chi connectivity index (χ1n) is 7.70. The van der Waals surface area contributed by atoms with Gasteiger partial charge in [0.15, 0.2) is 0 Å². The molecule has 0 saturated heterocycles. The highest BCUT2D eigenvalue weighted by molar-refractivity contribution is 5.75. The second kappa shape index (κ2) is 10.4. The van der Waals surface area contributed by atoms with Crippen LogP contribution in [0.4, 0.5) is 0 Å². The first-order chi connectivity index (χ1) is 8.83. The molecular formula is C15H29NO2. The predicted molar refractivity (Wildman–Crippen MR) is 74.4 cm³/mol. The van der Waals surface area contributed by atoms with Crippen molar-refractivity contribution in [2.45, 2.75) is 70.6 Å². The third-order valence-electron chi connectivity index (χ3n) is 3.90. The van der Waals surface area contributed by atoms with Crippen molar-refractivity contribution >= 4 is 5.91 Å². The molecule has 106 valence electrons. The number of rotatable bonds is 9. The molecule has 1 amide bonds. The van der Waals surface area contributed by atoms with E-state index >= 15 is 0 Å². The number of nitrogens with one attached hydrogen (secondary N) is 1. The summed E-state index contributed by atoms with van der Waals surface area (Å²) in [7, 11) is 0. The zero-order valence-electron chi connectivity index (χ0n) is 11.6. The molecule has 1 saturated carbocycles. The van der Waals surface area contributed by atoms with E-state index in [1.165, 1.54) is 38.5 Å². The number of carbonyl (C=O) groups excluding carboxylic acids is 1. The summed E-state index contributed by atoms with van der Waals surface area (Å²) in [6, 6.07) is 0. The summed E-state index contributed by atoms with van der Waals surface area (Å²) in [5, 5.41) is 11.6. The summed E-state index contributed by atoms with van der Waals surface area (Å²) in [5.74, 6) is 1.09. The maximum absolute atomic E-state index is 11.6. The predicted octanol–water partition coefficient (Wildman–Crippen LogP) is 3.02. The van der Waals surface area contributed by atoms with Gasteiger partial charge in [0, 0.05) is 19.6 Å². The summed E-state index contributed by atoms with van der Waals surface area (Å²) in [6.45, 7) is 1.03. The Kier molecular flexibility index (Phi) is 8.92. The van der Waals surface area contributed by atoms with Crippen LogP contribution in [0, 0.1) is 5.92 Å². The number of amides is 1. The molecule has 2 N–H and O–H groups in total. The molecule has 3 nitrogen and oxygen atoms in total. The SMILES string of the molecule is O=C(CCCC1CCCCC1)NCCCCCO. The molecule has 18 heavy (non-hydrogen) atoms. The van der Waals surface area contributed by atoms with Crippen LogP contribution in [-0.2, 0) is 4.79 Å². The van der Waals surface area contributed by atoms with Gasteiger partial charge in [-0.25, -0.2) is 0 Å². The van der Waals surface area contributed by atoms with E-state index in [0.29, 0.717) is 6.42 Å². The molecule has 0 heterocycles. The highest BCUT2D eigenvalue weighted by Crippen LogP contribution is 2.27. The molecule has 0 atom stereocenters. The van der Waals surface area contributed by atoms with Gasteiger partial charge < -0.3 is 10.4 Å². The van der Waals surface area contributed by atoms with Crippen molar-refractivity contribution in [1.29, 1.82) is 0 Å². The first-order valence-corrected chi connectivity index (χ1v) is 7.70. The van der Waals surface area contributed by atoms with Crippen molar-refractivity contribution in [3.8, 4) is 0 Å². The van der Waals surface area contributed by atoms with E-state index in [4.69, 9.17) is 5.11 Å². The van der Waals surface area contributed by atoms with E-state index in [1.807, 2.05) is 0 Å². The van der Waals surface area contributed by atoms with Gasteiger partial charge in [0.05, 0.1) is 0 Å². The lowest BCUT2D eigenvalue weighted by atomic mass is 9.86. The van der Waals surface area contributed by atoms with Crippen LogP contribution in [0.3, 0.4) is 0 Å². The Morgan fingerprint density at radius 1 is 1.06 bits per heavy atom. The Morgan fingerprint density at radius 3 is 2.56 bits per heavy atom. The zero-order chi connectivity index (χ0) is 13.1. The van der Waals surface area contributed by atoms with E-state index in [0.717, 1.165) is 38.1 Å². The average molecular weight is 255 g/mol. The van der Waals surface area contributed by atoms with Crippen LogP contribution in [0.1, 0.15) is 70.6 Å². The highest BCUT2D eigenvalue weighted by Gasteiger charge is 2.13. The van der Waals surface area contributed by atoms with Crippen molar-refractivity contribution in [3.63, 3.8) is 0 Å². The monoisotopic (exact) mass is 255 g/mol. The fourth-order valence-corrected chi connectivity index (χ4v) is 2.76. The van der Waals surface area contributed by atoms with Crippen LogP contribution in [0.15, 0.2) is 0 Å². The van der Waals surface area contributed by atoms with Crippen LogP contribution in [0.5, 0.6) is 0 Å². The normalized spacial score (nSPS) is 16.7. The van der Waals surface area contributed by atoms with Crippen molar-refractivity contribution in [2.75, 3.05) is 13.2 Å². The number of hydrogen-bond acceptors (Lipinski definition) is 2. The van der Waals surface area contributed by atoms with Crippen molar-refractivity contribution in [1.82, 2.24) is 5.32 Å². The van der Waals surface area contributed by atoms with Crippen molar-refractivity contribution < 1.29 is 9.90 Å². The molecule has 3 heteroatoms. The first kappa shape index (κ1) is 15.5. The maximum atomic E-state index is 11.6. The smallest absolute Gasteiger partial charge is 0.219 e. The number of aliphatic hydroxyl groups is 1. The van der Waals surface area contributed by atoms with Gasteiger partial charge in [-0.05, 0) is 38.0 Å². The maximum Gasteiger partial charge on any atom is 0.219 e. The lowest BCUT2D eigenvalue weighted by molar-refractivity contribution is -0.121. The standard InChI is InChI=1S/C15H29NO2/c17-13-6-2-5-12-16-15(18)11-7-10-14-8-3-1-4-9-14/h14,17H,1-13H2,(H,16,18). The molecule has 0 aromatic rings. The molecule has 1 aliphatic rings. The lowest BCUT2D eigenvalue weighted by Gasteiger charge is -2.21. The van der Waals surface area contributed by atoms with Gasteiger partial charge in [-0.3, -0.25) is 4.79 Å². The van der Waals surface area contributed by atoms with Crippen molar-refractivity contribution in [2.24, 2.45) is 5.92 Å². The minimum absolute atomic E-state index is 0.204. The molecule has 0 spiro atoms. The van der Waals surface area contributed by atoms with E-state index in [1.54, 1.807) is 0 Å². The lowest BCUT2D eigenvalue weighted by Crippen LogP contribution is -2.24. The Hall–Kier alpha value is -0.570. The van der Waals surface area contributed by atoms with E-state index in [2.05, 4.69) is 5.32 Å². The van der Waals surface area contributed by atoms with Gasteiger partial charge in [-0.2, -0.15) is 0 Å². The Balaban J connectivity index is 1.89. The van der Waals surface area contributed by atoms with Gasteiger partial charge in [0.1, 0.15) is 0 Å². The van der Waals surface area contributed by atoms with Crippen molar-refractivity contribution in [3.05, 3.63) is 0 Å². The summed E-state index contributed by atoms with van der Waals surface area (Å²) >= 11 is 0. The topological polar surface area (TPSA) is 49.3 Å². The van der Waals surface area contributed by atoms with E-state index < -0.39 is 0 Å². The quantitative estimate of drug-likeness (QED) is 0.622. The fraction of sp³-hybridized carbons (Fsp3) is 0.933. The second-order valence-corrected chi connectivity index (χ2v) is 5.53. The van der Waals surface area contributed by atoms with Gasteiger partial charge in [-0.15, -0.1) is 0 Å². The summed E-state index contributed by atoms with van der Waals surface area (Å²) in [6.07, 6.45) is 12.7. The Morgan fingerprint density at radius 2 is 1.83 bits per heavy atom. The van der Waals surface area contributed by atoms with Gasteiger partial charge in [0.25, 0.3) is 0 Å². The van der Waals surface area contributed by atoms with Crippen LogP contribution in [0.2, 0.25) is 0 Å².